The summed E-state index contributed by atoms with van der Waals surface area (Å²) in [6.07, 6.45) is -4.76. The average Bonchev–Trinajstić information content (AvgIpc) is 2.97. The van der Waals surface area contributed by atoms with E-state index in [4.69, 9.17) is 14.2 Å². The molecule has 8 N–H and O–H groups in total. The molecule has 1 unspecified atom stereocenters. The van der Waals surface area contributed by atoms with E-state index in [-0.39, 0.29) is 40.1 Å². The monoisotopic (exact) mass is 581 g/mol. The van der Waals surface area contributed by atoms with Crippen LogP contribution in [0, 0.1) is 0 Å². The summed E-state index contributed by atoms with van der Waals surface area (Å²) < 4.78 is 21.4. The maximum Gasteiger partial charge on any atom is 0.330 e. The van der Waals surface area contributed by atoms with Crippen LogP contribution in [0.1, 0.15) is 22.8 Å². The fraction of sp³-hybridized carbons (Fsp3) is 0.233. The van der Waals surface area contributed by atoms with Gasteiger partial charge in [0.1, 0.15) is 59.6 Å². The van der Waals surface area contributed by atoms with Crippen LogP contribution in [0.15, 0.2) is 72.5 Å². The van der Waals surface area contributed by atoms with Gasteiger partial charge in [0.15, 0.2) is 5.76 Å². The quantitative estimate of drug-likeness (QED) is 0.122. The molecule has 0 spiro atoms. The Morgan fingerprint density at radius 3 is 2.21 bits per heavy atom. The van der Waals surface area contributed by atoms with Crippen LogP contribution in [-0.4, -0.2) is 83.8 Å². The fourth-order valence-corrected chi connectivity index (χ4v) is 4.53. The van der Waals surface area contributed by atoms with Crippen LogP contribution in [0.25, 0.3) is 12.2 Å². The number of rotatable bonds is 7. The van der Waals surface area contributed by atoms with Crippen LogP contribution >= 0.6 is 0 Å². The number of aliphatic hydroxyl groups excluding tert-OH is 3. The minimum atomic E-state index is -1.73. The summed E-state index contributed by atoms with van der Waals surface area (Å²) in [5.41, 5.74) is 1.39. The first kappa shape index (κ1) is 28.8. The van der Waals surface area contributed by atoms with Gasteiger partial charge in [-0.05, 0) is 48.0 Å². The van der Waals surface area contributed by atoms with E-state index in [1.54, 1.807) is 24.3 Å². The summed E-state index contributed by atoms with van der Waals surface area (Å²) in [5.74, 6) is -0.856. The third-order valence-corrected chi connectivity index (χ3v) is 6.77. The number of hydrogen-bond donors (Lipinski definition) is 7. The summed E-state index contributed by atoms with van der Waals surface area (Å²) in [7, 11) is 0. The number of hydrogen-bond acceptors (Lipinski definition) is 11. The van der Waals surface area contributed by atoms with Gasteiger partial charge in [0.2, 0.25) is 6.29 Å². The number of aromatic hydroxyl groups is 5. The lowest BCUT2D eigenvalue weighted by molar-refractivity contribution is -0.296. The Morgan fingerprint density at radius 1 is 0.857 bits per heavy atom. The molecule has 3 aromatic carbocycles. The zero-order valence-corrected chi connectivity index (χ0v) is 21.9. The lowest BCUT2D eigenvalue weighted by Crippen LogP contribution is -2.59. The number of esters is 1. The molecule has 3 aromatic rings. The molecule has 0 saturated carbocycles. The molecule has 0 amide bonds. The molecule has 2 heterocycles. The van der Waals surface area contributed by atoms with Crippen molar-refractivity contribution in [3.05, 3.63) is 89.2 Å². The molecular weight excluding hydrogens is 552 g/mol. The molecule has 0 aliphatic carbocycles. The Balaban J connectivity index is 1.34. The molecular formula is C30H29O12+. The van der Waals surface area contributed by atoms with Crippen molar-refractivity contribution in [2.24, 2.45) is 0 Å². The standard InChI is InChI=1S/C30H28O12/c31-17-6-1-15(2-7-17)3-10-25(35)39-14-24-26(36)27(37)28(38)30(42-24)41-23-13-20-21(34)11-19(33)12-22(20)40-29(23)16-4-8-18(32)9-5-16/h1-13,24,26-34,36-38H,14H2/p+1/b10-3+/t24-,26-,27+,28-,29?,30-/m1/s1. The third kappa shape index (κ3) is 6.26. The van der Waals surface area contributed by atoms with Gasteiger partial charge in [0.25, 0.3) is 11.9 Å². The van der Waals surface area contributed by atoms with E-state index < -0.39 is 49.4 Å². The molecule has 5 rings (SSSR count). The van der Waals surface area contributed by atoms with Crippen LogP contribution in [0.2, 0.25) is 0 Å². The fourth-order valence-electron chi connectivity index (χ4n) is 4.53. The maximum absolute atomic E-state index is 12.3. The number of phenolic OH excluding ortho intramolecular Hbond substituents is 4. The van der Waals surface area contributed by atoms with Crippen molar-refractivity contribution in [3.8, 4) is 28.7 Å². The molecule has 220 valence electrons. The first-order valence-corrected chi connectivity index (χ1v) is 12.9. The highest BCUT2D eigenvalue weighted by Gasteiger charge is 2.47. The van der Waals surface area contributed by atoms with Crippen molar-refractivity contribution in [2.75, 3.05) is 6.61 Å². The molecule has 42 heavy (non-hydrogen) atoms. The van der Waals surface area contributed by atoms with Gasteiger partial charge in [-0.2, -0.15) is 0 Å². The highest BCUT2D eigenvalue weighted by molar-refractivity contribution is 5.87. The predicted octanol–water partition coefficient (Wildman–Crippen LogP) is 1.93. The second-order valence-electron chi connectivity index (χ2n) is 9.76. The van der Waals surface area contributed by atoms with E-state index in [2.05, 4.69) is 4.74 Å². The summed E-state index contributed by atoms with van der Waals surface area (Å²) in [5, 5.41) is 71.1. The smallest absolute Gasteiger partial charge is 0.330 e. The molecule has 1 saturated heterocycles. The van der Waals surface area contributed by atoms with Crippen molar-refractivity contribution >= 4 is 18.1 Å². The summed E-state index contributed by atoms with van der Waals surface area (Å²) in [4.78, 5) is 12.3. The minimum absolute atomic E-state index is 0.00939. The zero-order valence-electron chi connectivity index (χ0n) is 21.9. The van der Waals surface area contributed by atoms with Gasteiger partial charge in [-0.15, -0.1) is 0 Å². The second kappa shape index (κ2) is 12.0. The predicted molar refractivity (Wildman–Crippen MR) is 146 cm³/mol. The highest BCUT2D eigenvalue weighted by atomic mass is 16.7. The summed E-state index contributed by atoms with van der Waals surface area (Å²) in [6, 6.07) is 14.6. The number of aliphatic hydroxyl groups is 4. The van der Waals surface area contributed by atoms with E-state index in [1.165, 1.54) is 42.5 Å². The van der Waals surface area contributed by atoms with Crippen molar-refractivity contribution in [3.63, 3.8) is 0 Å². The molecule has 1 fully saturated rings. The molecule has 0 radical (unpaired) electrons. The van der Waals surface area contributed by atoms with Gasteiger partial charge in [-0.3, -0.25) is 0 Å². The summed E-state index contributed by atoms with van der Waals surface area (Å²) >= 11 is 0. The number of fused-ring (bicyclic) bond motifs is 1. The highest BCUT2D eigenvalue weighted by Crippen LogP contribution is 2.45. The molecule has 0 aromatic heterocycles. The van der Waals surface area contributed by atoms with Crippen LogP contribution in [0.3, 0.4) is 0 Å². The van der Waals surface area contributed by atoms with Gasteiger partial charge in [0.05, 0.1) is 11.6 Å². The molecule has 6 atom stereocenters. The molecule has 12 nitrogen and oxygen atoms in total. The molecule has 12 heteroatoms. The largest absolute Gasteiger partial charge is 0.571 e. The average molecular weight is 582 g/mol. The molecule has 2 aliphatic rings. The Labute approximate surface area is 239 Å². The van der Waals surface area contributed by atoms with Gasteiger partial charge >= 0.3 is 5.97 Å². The molecule has 2 aliphatic heterocycles. The lowest BCUT2D eigenvalue weighted by Gasteiger charge is -2.40. The SMILES string of the molecule is O=C(/C=C/c1ccc(O)cc1)OC[C@H]1O[C@@H](OC2=Cc3c(O)cc(O)cc3[OH+]C2c2ccc(O)cc2)[C@H](O)[C@@H](O)[C@@H]1O. The third-order valence-electron chi connectivity index (χ3n) is 6.77. The maximum atomic E-state index is 12.3. The van der Waals surface area contributed by atoms with Crippen molar-refractivity contribution in [1.29, 1.82) is 0 Å². The van der Waals surface area contributed by atoms with Gasteiger partial charge in [-0.1, -0.05) is 12.1 Å². The Kier molecular flexibility index (Phi) is 8.22. The Morgan fingerprint density at radius 2 is 1.52 bits per heavy atom. The Bertz CT molecular complexity index is 1480. The molecule has 0 bridgehead atoms. The number of ether oxygens (including phenoxy) is 4. The van der Waals surface area contributed by atoms with Crippen LogP contribution < -0.4 is 0 Å². The van der Waals surface area contributed by atoms with Crippen molar-refractivity contribution < 1.29 is 59.5 Å². The van der Waals surface area contributed by atoms with Gasteiger partial charge in [0, 0.05) is 18.2 Å². The first-order chi connectivity index (χ1) is 20.1. The van der Waals surface area contributed by atoms with Crippen molar-refractivity contribution in [1.82, 2.24) is 0 Å². The van der Waals surface area contributed by atoms with Crippen LogP contribution in [0.5, 0.6) is 28.7 Å². The van der Waals surface area contributed by atoms with Gasteiger partial charge in [-0.25, -0.2) is 4.79 Å². The van der Waals surface area contributed by atoms with Gasteiger partial charge < -0.3 is 54.7 Å². The second-order valence-corrected chi connectivity index (χ2v) is 9.76. The lowest BCUT2D eigenvalue weighted by atomic mass is 9.98. The normalized spacial score (nSPS) is 25.3. The topological polar surface area (TPSA) is 199 Å². The van der Waals surface area contributed by atoms with Crippen LogP contribution in [0.4, 0.5) is 0 Å². The van der Waals surface area contributed by atoms with E-state index in [0.29, 0.717) is 11.1 Å². The zero-order chi connectivity index (χ0) is 30.0. The first-order valence-electron chi connectivity index (χ1n) is 12.9. The van der Waals surface area contributed by atoms with E-state index >= 15 is 0 Å². The number of benzene rings is 3. The number of carbonyl (C=O) groups is 1. The van der Waals surface area contributed by atoms with E-state index in [1.807, 2.05) is 0 Å². The minimum Gasteiger partial charge on any atom is -0.571 e. The van der Waals surface area contributed by atoms with Crippen molar-refractivity contribution in [2.45, 2.75) is 36.8 Å². The van der Waals surface area contributed by atoms with Crippen LogP contribution in [-0.2, 0) is 19.0 Å². The Hall–Kier alpha value is -4.75. The number of phenols is 4. The van der Waals surface area contributed by atoms with E-state index in [0.717, 1.165) is 12.1 Å². The number of carbonyl (C=O) groups excluding carboxylic acids is 1. The van der Waals surface area contributed by atoms with E-state index in [9.17, 15) is 40.5 Å². The summed E-state index contributed by atoms with van der Waals surface area (Å²) in [6.45, 7) is -0.489.